The number of nitrogens with one attached hydrogen (secondary N) is 3. The van der Waals surface area contributed by atoms with E-state index in [9.17, 15) is 14.4 Å². The van der Waals surface area contributed by atoms with Crippen molar-refractivity contribution in [2.75, 3.05) is 23.7 Å². The van der Waals surface area contributed by atoms with E-state index < -0.39 is 0 Å². The summed E-state index contributed by atoms with van der Waals surface area (Å²) in [5, 5.41) is 8.73. The predicted molar refractivity (Wildman–Crippen MR) is 118 cm³/mol. The molecule has 158 valence electrons. The molecule has 0 saturated carbocycles. The number of carbonyl (C=O) groups is 3. The number of amides is 4. The van der Waals surface area contributed by atoms with Crippen LogP contribution in [0.25, 0.3) is 0 Å². The van der Waals surface area contributed by atoms with E-state index in [4.69, 9.17) is 0 Å². The van der Waals surface area contributed by atoms with E-state index in [1.54, 1.807) is 17.0 Å². The van der Waals surface area contributed by atoms with Crippen LogP contribution in [0, 0.1) is 6.92 Å². The average molecular weight is 409 g/mol. The Morgan fingerprint density at radius 3 is 2.57 bits per heavy atom. The van der Waals surface area contributed by atoms with E-state index >= 15 is 0 Å². The number of hydrogen-bond donors (Lipinski definition) is 3. The number of piperidine rings is 1. The monoisotopic (exact) mass is 408 g/mol. The summed E-state index contributed by atoms with van der Waals surface area (Å²) in [6, 6.07) is 14.2. The zero-order valence-corrected chi connectivity index (χ0v) is 17.4. The first kappa shape index (κ1) is 21.4. The van der Waals surface area contributed by atoms with Gasteiger partial charge in [0, 0.05) is 42.5 Å². The summed E-state index contributed by atoms with van der Waals surface area (Å²) in [6.07, 6.45) is 2.13. The summed E-state index contributed by atoms with van der Waals surface area (Å²) in [5.74, 6) is -0.243. The minimum Gasteiger partial charge on any atom is -0.352 e. The van der Waals surface area contributed by atoms with Gasteiger partial charge in [0.05, 0.1) is 0 Å². The predicted octanol–water partition coefficient (Wildman–Crippen LogP) is 3.77. The molecule has 1 aliphatic heterocycles. The number of rotatable bonds is 5. The number of carbonyl (C=O) groups excluding carboxylic acids is 3. The van der Waals surface area contributed by atoms with Crippen molar-refractivity contribution in [2.24, 2.45) is 0 Å². The van der Waals surface area contributed by atoms with Crippen LogP contribution in [0.1, 0.15) is 42.1 Å². The maximum absolute atomic E-state index is 12.8. The second kappa shape index (κ2) is 9.91. The Morgan fingerprint density at radius 1 is 1.07 bits per heavy atom. The van der Waals surface area contributed by atoms with Crippen LogP contribution in [0.2, 0.25) is 0 Å². The van der Waals surface area contributed by atoms with E-state index in [2.05, 4.69) is 16.0 Å². The van der Waals surface area contributed by atoms with E-state index in [0.29, 0.717) is 36.4 Å². The number of likely N-dealkylation sites (tertiary alicyclic amines) is 1. The molecule has 3 N–H and O–H groups in total. The van der Waals surface area contributed by atoms with Gasteiger partial charge in [0.1, 0.15) is 0 Å². The molecule has 0 aliphatic carbocycles. The molecular weight excluding hydrogens is 380 g/mol. The molecule has 0 spiro atoms. The van der Waals surface area contributed by atoms with Crippen LogP contribution in [0.15, 0.2) is 48.5 Å². The first-order valence-electron chi connectivity index (χ1n) is 10.3. The number of hydrogen-bond acceptors (Lipinski definition) is 3. The maximum Gasteiger partial charge on any atom is 0.321 e. The smallest absolute Gasteiger partial charge is 0.321 e. The standard InChI is InChI=1S/C23H28N4O3/c1-3-21(28)24-19-10-7-13-27(15-19)23(30)26-20-14-17(12-11-16(20)2)22(29)25-18-8-5-4-6-9-18/h4-6,8-9,11-12,14,19H,3,7,10,13,15H2,1-2H3,(H,24,28)(H,25,29)(H,26,30). The third-order valence-corrected chi connectivity index (χ3v) is 5.17. The quantitative estimate of drug-likeness (QED) is 0.703. The lowest BCUT2D eigenvalue weighted by atomic mass is 10.1. The van der Waals surface area contributed by atoms with Gasteiger partial charge in [-0.2, -0.15) is 0 Å². The lowest BCUT2D eigenvalue weighted by Gasteiger charge is -2.33. The molecule has 1 heterocycles. The van der Waals surface area contributed by atoms with Crippen molar-refractivity contribution in [3.8, 4) is 0 Å². The largest absolute Gasteiger partial charge is 0.352 e. The molecule has 0 bridgehead atoms. The molecule has 1 unspecified atom stereocenters. The summed E-state index contributed by atoms with van der Waals surface area (Å²) >= 11 is 0. The molecule has 3 rings (SSSR count). The SMILES string of the molecule is CCC(=O)NC1CCCN(C(=O)Nc2cc(C(=O)Nc3ccccc3)ccc2C)C1. The summed E-state index contributed by atoms with van der Waals surface area (Å²) in [6.45, 7) is 4.81. The zero-order chi connectivity index (χ0) is 21.5. The van der Waals surface area contributed by atoms with Crippen LogP contribution in [-0.4, -0.2) is 41.9 Å². The Kier molecular flexibility index (Phi) is 7.06. The molecule has 7 heteroatoms. The van der Waals surface area contributed by atoms with Gasteiger partial charge in [-0.25, -0.2) is 4.79 Å². The van der Waals surface area contributed by atoms with Gasteiger partial charge in [0.2, 0.25) is 5.91 Å². The van der Waals surface area contributed by atoms with Gasteiger partial charge in [-0.15, -0.1) is 0 Å². The molecule has 30 heavy (non-hydrogen) atoms. The fourth-order valence-electron chi connectivity index (χ4n) is 3.43. The van der Waals surface area contributed by atoms with Crippen molar-refractivity contribution in [3.63, 3.8) is 0 Å². The first-order chi connectivity index (χ1) is 14.5. The molecular formula is C23H28N4O3. The summed E-state index contributed by atoms with van der Waals surface area (Å²) < 4.78 is 0. The summed E-state index contributed by atoms with van der Waals surface area (Å²) in [4.78, 5) is 38.7. The van der Waals surface area contributed by atoms with Gasteiger partial charge < -0.3 is 20.9 Å². The highest BCUT2D eigenvalue weighted by Gasteiger charge is 2.25. The molecule has 1 aliphatic rings. The molecule has 1 atom stereocenters. The third kappa shape index (κ3) is 5.59. The summed E-state index contributed by atoms with van der Waals surface area (Å²) in [7, 11) is 0. The van der Waals surface area contributed by atoms with Gasteiger partial charge in [-0.05, 0) is 49.6 Å². The van der Waals surface area contributed by atoms with Crippen molar-refractivity contribution in [3.05, 3.63) is 59.7 Å². The number of nitrogens with zero attached hydrogens (tertiary/aromatic N) is 1. The number of aryl methyl sites for hydroxylation is 1. The Labute approximate surface area is 176 Å². The number of anilines is 2. The van der Waals surface area contributed by atoms with Crippen molar-refractivity contribution >= 4 is 29.2 Å². The molecule has 7 nitrogen and oxygen atoms in total. The summed E-state index contributed by atoms with van der Waals surface area (Å²) in [5.41, 5.74) is 2.64. The highest BCUT2D eigenvalue weighted by Crippen LogP contribution is 2.20. The Morgan fingerprint density at radius 2 is 1.83 bits per heavy atom. The van der Waals surface area contributed by atoms with Crippen molar-refractivity contribution in [2.45, 2.75) is 39.2 Å². The Bertz CT molecular complexity index is 914. The minimum absolute atomic E-state index is 0.00441. The maximum atomic E-state index is 12.8. The van der Waals surface area contributed by atoms with Crippen LogP contribution in [0.3, 0.4) is 0 Å². The van der Waals surface area contributed by atoms with E-state index in [-0.39, 0.29) is 23.9 Å². The normalized spacial score (nSPS) is 15.9. The van der Waals surface area contributed by atoms with Crippen molar-refractivity contribution in [1.29, 1.82) is 0 Å². The molecule has 1 saturated heterocycles. The van der Waals surface area contributed by atoms with Gasteiger partial charge in [-0.3, -0.25) is 9.59 Å². The third-order valence-electron chi connectivity index (χ3n) is 5.17. The second-order valence-electron chi connectivity index (χ2n) is 7.49. The zero-order valence-electron chi connectivity index (χ0n) is 17.4. The van der Waals surface area contributed by atoms with E-state index in [1.807, 2.05) is 50.2 Å². The highest BCUT2D eigenvalue weighted by atomic mass is 16.2. The van der Waals surface area contributed by atoms with Gasteiger partial charge in [-0.1, -0.05) is 31.2 Å². The van der Waals surface area contributed by atoms with E-state index in [1.165, 1.54) is 0 Å². The Balaban J connectivity index is 1.65. The number of para-hydroxylation sites is 1. The second-order valence-corrected chi connectivity index (χ2v) is 7.49. The lowest BCUT2D eigenvalue weighted by molar-refractivity contribution is -0.121. The van der Waals surface area contributed by atoms with Crippen LogP contribution in [-0.2, 0) is 4.79 Å². The number of urea groups is 1. The molecule has 2 aromatic carbocycles. The molecule has 4 amide bonds. The molecule has 1 fully saturated rings. The van der Waals surface area contributed by atoms with Gasteiger partial charge >= 0.3 is 6.03 Å². The lowest BCUT2D eigenvalue weighted by Crippen LogP contribution is -2.50. The first-order valence-corrected chi connectivity index (χ1v) is 10.3. The van der Waals surface area contributed by atoms with E-state index in [0.717, 1.165) is 18.4 Å². The highest BCUT2D eigenvalue weighted by molar-refractivity contribution is 6.05. The van der Waals surface area contributed by atoms with Crippen LogP contribution >= 0.6 is 0 Å². The van der Waals surface area contributed by atoms with Crippen LogP contribution in [0.4, 0.5) is 16.2 Å². The van der Waals surface area contributed by atoms with Crippen LogP contribution < -0.4 is 16.0 Å². The van der Waals surface area contributed by atoms with Crippen LogP contribution in [0.5, 0.6) is 0 Å². The van der Waals surface area contributed by atoms with Crippen molar-refractivity contribution in [1.82, 2.24) is 10.2 Å². The molecule has 2 aromatic rings. The van der Waals surface area contributed by atoms with Gasteiger partial charge in [0.15, 0.2) is 0 Å². The molecule has 0 aromatic heterocycles. The fourth-order valence-corrected chi connectivity index (χ4v) is 3.43. The van der Waals surface area contributed by atoms with Crippen molar-refractivity contribution < 1.29 is 14.4 Å². The molecule has 0 radical (unpaired) electrons. The number of benzene rings is 2. The fraction of sp³-hybridized carbons (Fsp3) is 0.348. The Hall–Kier alpha value is -3.35. The average Bonchev–Trinajstić information content (AvgIpc) is 2.76. The minimum atomic E-state index is -0.239. The van der Waals surface area contributed by atoms with Gasteiger partial charge in [0.25, 0.3) is 5.91 Å². The topological polar surface area (TPSA) is 90.5 Å².